The molecule has 0 bridgehead atoms. The lowest BCUT2D eigenvalue weighted by Crippen LogP contribution is -2.33. The second-order valence-electron chi connectivity index (χ2n) is 7.74. The normalized spacial score (nSPS) is 19.4. The number of rotatable bonds is 4. The van der Waals surface area contributed by atoms with Gasteiger partial charge in [-0.15, -0.1) is 10.2 Å². The fraction of sp³-hybridized carbons (Fsp3) is 0.550. The molecule has 0 radical (unpaired) electrons. The summed E-state index contributed by atoms with van der Waals surface area (Å²) in [4.78, 5) is 9.36. The molecule has 4 heterocycles. The molecule has 5 rings (SSSR count). The predicted octanol–water partition coefficient (Wildman–Crippen LogP) is 2.94. The second-order valence-corrected chi connectivity index (χ2v) is 7.74. The lowest BCUT2D eigenvalue weighted by molar-refractivity contribution is 0.317. The van der Waals surface area contributed by atoms with E-state index in [9.17, 15) is 0 Å². The first-order valence-corrected chi connectivity index (χ1v) is 9.99. The van der Waals surface area contributed by atoms with Gasteiger partial charge in [0.2, 0.25) is 0 Å². The third-order valence-corrected chi connectivity index (χ3v) is 5.98. The van der Waals surface area contributed by atoms with Gasteiger partial charge in [-0.3, -0.25) is 4.90 Å². The minimum Gasteiger partial charge on any atom is -0.423 e. The van der Waals surface area contributed by atoms with Crippen molar-refractivity contribution in [2.75, 3.05) is 31.1 Å². The molecule has 0 N–H and O–H groups in total. The van der Waals surface area contributed by atoms with E-state index in [1.54, 1.807) is 0 Å². The number of fused-ring (bicyclic) bond motifs is 1. The van der Waals surface area contributed by atoms with Crippen molar-refractivity contribution in [1.29, 1.82) is 0 Å². The molecule has 2 aliphatic heterocycles. The van der Waals surface area contributed by atoms with Gasteiger partial charge in [0.05, 0.1) is 6.54 Å². The van der Waals surface area contributed by atoms with E-state index in [0.717, 1.165) is 61.2 Å². The Hall–Kier alpha value is -2.41. The average molecular weight is 366 g/mol. The number of aromatic nitrogens is 4. The first kappa shape index (κ1) is 16.7. The molecule has 142 valence electrons. The van der Waals surface area contributed by atoms with Crippen molar-refractivity contribution in [2.45, 2.75) is 38.1 Å². The highest BCUT2D eigenvalue weighted by molar-refractivity contribution is 5.74. The van der Waals surface area contributed by atoms with Gasteiger partial charge in [-0.05, 0) is 50.9 Å². The van der Waals surface area contributed by atoms with Crippen LogP contribution in [0.25, 0.3) is 11.1 Å². The molecule has 0 unspecified atom stereocenters. The van der Waals surface area contributed by atoms with Crippen LogP contribution < -0.4 is 4.90 Å². The Morgan fingerprint density at radius 2 is 1.81 bits per heavy atom. The van der Waals surface area contributed by atoms with E-state index in [-0.39, 0.29) is 0 Å². The maximum Gasteiger partial charge on any atom is 0.298 e. The summed E-state index contributed by atoms with van der Waals surface area (Å²) in [6.07, 6.45) is 4.71. The number of nitrogens with zero attached hydrogens (tertiary/aromatic N) is 6. The van der Waals surface area contributed by atoms with E-state index < -0.39 is 0 Å². The summed E-state index contributed by atoms with van der Waals surface area (Å²) in [6, 6.07) is 8.69. The Labute approximate surface area is 159 Å². The van der Waals surface area contributed by atoms with E-state index in [0.29, 0.717) is 5.92 Å². The molecule has 0 saturated carbocycles. The molecule has 3 aromatic rings. The largest absolute Gasteiger partial charge is 0.423 e. The zero-order chi connectivity index (χ0) is 18.2. The van der Waals surface area contributed by atoms with Crippen molar-refractivity contribution >= 4 is 17.1 Å². The molecule has 27 heavy (non-hydrogen) atoms. The number of hydrogen-bond acceptors (Lipinski definition) is 6. The molecule has 1 aromatic carbocycles. The van der Waals surface area contributed by atoms with Crippen molar-refractivity contribution < 1.29 is 4.42 Å². The van der Waals surface area contributed by atoms with Crippen LogP contribution in [0.3, 0.4) is 0 Å². The van der Waals surface area contributed by atoms with E-state index in [1.807, 2.05) is 24.3 Å². The van der Waals surface area contributed by atoms with Gasteiger partial charge in [0.25, 0.3) is 6.01 Å². The van der Waals surface area contributed by atoms with Gasteiger partial charge in [-0.25, -0.2) is 0 Å². The van der Waals surface area contributed by atoms with Gasteiger partial charge in [-0.1, -0.05) is 12.1 Å². The number of piperidine rings is 1. The Bertz CT molecular complexity index is 885. The summed E-state index contributed by atoms with van der Waals surface area (Å²) in [5.74, 6) is 2.67. The highest BCUT2D eigenvalue weighted by Gasteiger charge is 2.27. The minimum absolute atomic E-state index is 0.454. The van der Waals surface area contributed by atoms with Crippen LogP contribution in [-0.4, -0.2) is 50.8 Å². The molecule has 7 nitrogen and oxygen atoms in total. The number of benzene rings is 1. The number of para-hydroxylation sites is 2. The molecule has 7 heteroatoms. The van der Waals surface area contributed by atoms with Crippen LogP contribution in [-0.2, 0) is 13.6 Å². The van der Waals surface area contributed by atoms with Crippen LogP contribution in [0.15, 0.2) is 28.7 Å². The van der Waals surface area contributed by atoms with Crippen molar-refractivity contribution in [1.82, 2.24) is 24.6 Å². The lowest BCUT2D eigenvalue weighted by Gasteiger charge is -2.30. The summed E-state index contributed by atoms with van der Waals surface area (Å²) < 4.78 is 8.15. The molecule has 0 aliphatic carbocycles. The molecule has 2 aromatic heterocycles. The van der Waals surface area contributed by atoms with Gasteiger partial charge in [0.1, 0.15) is 17.2 Å². The second kappa shape index (κ2) is 6.96. The summed E-state index contributed by atoms with van der Waals surface area (Å²) in [6.45, 7) is 5.17. The van der Waals surface area contributed by atoms with Crippen LogP contribution in [0.5, 0.6) is 0 Å². The zero-order valence-corrected chi connectivity index (χ0v) is 15.8. The third kappa shape index (κ3) is 3.20. The molecule has 0 amide bonds. The monoisotopic (exact) mass is 366 g/mol. The minimum atomic E-state index is 0.454. The van der Waals surface area contributed by atoms with Crippen LogP contribution in [0.1, 0.15) is 43.3 Å². The van der Waals surface area contributed by atoms with Crippen LogP contribution in [0.4, 0.5) is 6.01 Å². The smallest absolute Gasteiger partial charge is 0.298 e. The Morgan fingerprint density at radius 1 is 1.04 bits per heavy atom. The summed E-state index contributed by atoms with van der Waals surface area (Å²) in [5, 5.41) is 9.03. The Balaban J connectivity index is 1.25. The number of hydrogen-bond donors (Lipinski definition) is 0. The first-order valence-electron chi connectivity index (χ1n) is 9.99. The Kier molecular flexibility index (Phi) is 4.32. The highest BCUT2D eigenvalue weighted by atomic mass is 16.4. The molecule has 2 aliphatic rings. The lowest BCUT2D eigenvalue weighted by atomic mass is 9.96. The standard InChI is InChI=1S/C20H26N6O/c1-24-18(14-25-10-4-5-11-25)22-23-19(24)15-8-12-26(13-9-15)20-21-16-6-2-3-7-17(16)27-20/h2-3,6-7,15H,4-5,8-14H2,1H3. The summed E-state index contributed by atoms with van der Waals surface area (Å²) in [5.41, 5.74) is 1.78. The van der Waals surface area contributed by atoms with Crippen molar-refractivity contribution in [3.05, 3.63) is 35.9 Å². The summed E-state index contributed by atoms with van der Waals surface area (Å²) in [7, 11) is 2.12. The fourth-order valence-electron chi connectivity index (χ4n) is 4.33. The van der Waals surface area contributed by atoms with Crippen LogP contribution >= 0.6 is 0 Å². The molecule has 2 fully saturated rings. The molecular formula is C20H26N6O. The van der Waals surface area contributed by atoms with Gasteiger partial charge in [-0.2, -0.15) is 4.98 Å². The van der Waals surface area contributed by atoms with E-state index in [1.165, 1.54) is 25.9 Å². The average Bonchev–Trinajstić information content (AvgIpc) is 3.43. The quantitative estimate of drug-likeness (QED) is 0.707. The zero-order valence-electron chi connectivity index (χ0n) is 15.8. The maximum absolute atomic E-state index is 5.93. The number of likely N-dealkylation sites (tertiary alicyclic amines) is 1. The highest BCUT2D eigenvalue weighted by Crippen LogP contribution is 2.31. The Morgan fingerprint density at radius 3 is 2.59 bits per heavy atom. The third-order valence-electron chi connectivity index (χ3n) is 5.98. The van der Waals surface area contributed by atoms with Crippen molar-refractivity contribution in [3.63, 3.8) is 0 Å². The summed E-state index contributed by atoms with van der Waals surface area (Å²) >= 11 is 0. The van der Waals surface area contributed by atoms with Gasteiger partial charge in [0, 0.05) is 26.1 Å². The number of anilines is 1. The first-order chi connectivity index (χ1) is 13.3. The molecule has 0 spiro atoms. The van der Waals surface area contributed by atoms with Crippen LogP contribution in [0.2, 0.25) is 0 Å². The topological polar surface area (TPSA) is 63.2 Å². The number of oxazole rings is 1. The SMILES string of the molecule is Cn1c(CN2CCCC2)nnc1C1CCN(c2nc3ccccc3o2)CC1. The van der Waals surface area contributed by atoms with Crippen LogP contribution in [0, 0.1) is 0 Å². The van der Waals surface area contributed by atoms with E-state index >= 15 is 0 Å². The maximum atomic E-state index is 5.93. The fourth-order valence-corrected chi connectivity index (χ4v) is 4.33. The molecule has 0 atom stereocenters. The van der Waals surface area contributed by atoms with E-state index in [4.69, 9.17) is 4.42 Å². The van der Waals surface area contributed by atoms with Crippen molar-refractivity contribution in [3.8, 4) is 0 Å². The van der Waals surface area contributed by atoms with Crippen molar-refractivity contribution in [2.24, 2.45) is 7.05 Å². The van der Waals surface area contributed by atoms with Gasteiger partial charge >= 0.3 is 0 Å². The predicted molar refractivity (Wildman–Crippen MR) is 104 cm³/mol. The molecule has 2 saturated heterocycles. The molecular weight excluding hydrogens is 340 g/mol. The van der Waals surface area contributed by atoms with E-state index in [2.05, 4.69) is 36.6 Å². The van der Waals surface area contributed by atoms with Gasteiger partial charge < -0.3 is 13.9 Å². The van der Waals surface area contributed by atoms with Gasteiger partial charge in [0.15, 0.2) is 5.58 Å².